The van der Waals surface area contributed by atoms with Gasteiger partial charge in [0.1, 0.15) is 5.75 Å². The van der Waals surface area contributed by atoms with Gasteiger partial charge in [-0.05, 0) is 41.8 Å². The molecule has 0 bridgehead atoms. The van der Waals surface area contributed by atoms with Crippen LogP contribution in [0.15, 0.2) is 42.5 Å². The zero-order valence-electron chi connectivity index (χ0n) is 12.9. The van der Waals surface area contributed by atoms with E-state index in [1.165, 1.54) is 7.11 Å². The number of carbonyl (C=O) groups excluding carboxylic acids is 1. The summed E-state index contributed by atoms with van der Waals surface area (Å²) in [7, 11) is 2.95. The largest absolute Gasteiger partial charge is 0.497 e. The van der Waals surface area contributed by atoms with Crippen molar-refractivity contribution in [2.75, 3.05) is 19.5 Å². The highest BCUT2D eigenvalue weighted by Gasteiger charge is 2.15. The summed E-state index contributed by atoms with van der Waals surface area (Å²) in [4.78, 5) is 11.5. The number of methoxy groups -OCH3 is 2. The molecule has 0 radical (unpaired) electrons. The van der Waals surface area contributed by atoms with E-state index < -0.39 is 6.09 Å². The number of hydrogen-bond donors (Lipinski definition) is 2. The molecule has 5 nitrogen and oxygen atoms in total. The number of ether oxygens (including phenoxy) is 2. The summed E-state index contributed by atoms with van der Waals surface area (Å²) < 4.78 is 9.80. The Morgan fingerprint density at radius 3 is 2.41 bits per heavy atom. The van der Waals surface area contributed by atoms with Gasteiger partial charge in [-0.25, -0.2) is 4.79 Å². The zero-order chi connectivity index (χ0) is 16.1. The van der Waals surface area contributed by atoms with E-state index in [1.54, 1.807) is 7.11 Å². The minimum Gasteiger partial charge on any atom is -0.497 e. The van der Waals surface area contributed by atoms with E-state index in [4.69, 9.17) is 10.5 Å². The monoisotopic (exact) mass is 300 g/mol. The third-order valence-corrected chi connectivity index (χ3v) is 3.44. The van der Waals surface area contributed by atoms with Crippen molar-refractivity contribution in [2.24, 2.45) is 5.73 Å². The van der Waals surface area contributed by atoms with Gasteiger partial charge in [0.25, 0.3) is 0 Å². The van der Waals surface area contributed by atoms with Gasteiger partial charge in [-0.3, -0.25) is 5.32 Å². The minimum absolute atomic E-state index is 0.362. The van der Waals surface area contributed by atoms with E-state index in [1.807, 2.05) is 49.4 Å². The standard InChI is InChI=1S/C17H20N2O3/c1-11-4-9-14(15(10-11)19-17(20)22-3)16(18)12-5-7-13(21-2)8-6-12/h4-10,16H,18H2,1-3H3,(H,19,20). The topological polar surface area (TPSA) is 73.6 Å². The van der Waals surface area contributed by atoms with Crippen LogP contribution in [0.3, 0.4) is 0 Å². The van der Waals surface area contributed by atoms with Crippen molar-refractivity contribution < 1.29 is 14.3 Å². The van der Waals surface area contributed by atoms with Crippen molar-refractivity contribution >= 4 is 11.8 Å². The molecule has 3 N–H and O–H groups in total. The molecule has 1 amide bonds. The molecule has 2 rings (SSSR count). The Kier molecular flexibility index (Phi) is 5.01. The van der Waals surface area contributed by atoms with Gasteiger partial charge in [0.15, 0.2) is 0 Å². The first-order chi connectivity index (χ1) is 10.5. The first kappa shape index (κ1) is 15.9. The van der Waals surface area contributed by atoms with E-state index in [9.17, 15) is 4.79 Å². The number of nitrogens with one attached hydrogen (secondary N) is 1. The molecule has 5 heteroatoms. The molecule has 0 aromatic heterocycles. The number of anilines is 1. The van der Waals surface area contributed by atoms with Gasteiger partial charge in [-0.1, -0.05) is 24.3 Å². The average molecular weight is 300 g/mol. The van der Waals surface area contributed by atoms with Gasteiger partial charge >= 0.3 is 6.09 Å². The quantitative estimate of drug-likeness (QED) is 0.909. The molecular weight excluding hydrogens is 280 g/mol. The van der Waals surface area contributed by atoms with E-state index in [0.29, 0.717) is 5.69 Å². The average Bonchev–Trinajstić information content (AvgIpc) is 2.54. The highest BCUT2D eigenvalue weighted by molar-refractivity contribution is 5.86. The fraction of sp³-hybridized carbons (Fsp3) is 0.235. The molecule has 0 aliphatic carbocycles. The lowest BCUT2D eigenvalue weighted by molar-refractivity contribution is 0.187. The summed E-state index contributed by atoms with van der Waals surface area (Å²) in [6.45, 7) is 1.95. The smallest absolute Gasteiger partial charge is 0.411 e. The normalized spacial score (nSPS) is 11.6. The van der Waals surface area contributed by atoms with Crippen molar-refractivity contribution in [1.29, 1.82) is 0 Å². The maximum absolute atomic E-state index is 11.5. The molecule has 1 atom stereocenters. The minimum atomic E-state index is -0.520. The van der Waals surface area contributed by atoms with Crippen LogP contribution in [0, 0.1) is 6.92 Å². The number of rotatable bonds is 4. The molecule has 0 spiro atoms. The second-order valence-electron chi connectivity index (χ2n) is 4.96. The Morgan fingerprint density at radius 1 is 1.14 bits per heavy atom. The molecule has 0 aliphatic heterocycles. The fourth-order valence-corrected chi connectivity index (χ4v) is 2.20. The van der Waals surface area contributed by atoms with Crippen molar-refractivity contribution in [1.82, 2.24) is 0 Å². The van der Waals surface area contributed by atoms with E-state index in [0.717, 1.165) is 22.4 Å². The zero-order valence-corrected chi connectivity index (χ0v) is 12.9. The second-order valence-corrected chi connectivity index (χ2v) is 4.96. The maximum atomic E-state index is 11.5. The lowest BCUT2D eigenvalue weighted by Gasteiger charge is -2.18. The molecule has 1 unspecified atom stereocenters. The summed E-state index contributed by atoms with van der Waals surface area (Å²) >= 11 is 0. The van der Waals surface area contributed by atoms with Crippen LogP contribution in [0.25, 0.3) is 0 Å². The summed E-state index contributed by atoms with van der Waals surface area (Å²) in [5.74, 6) is 0.771. The van der Waals surface area contributed by atoms with Gasteiger partial charge in [-0.15, -0.1) is 0 Å². The molecule has 22 heavy (non-hydrogen) atoms. The Morgan fingerprint density at radius 2 is 1.82 bits per heavy atom. The Hall–Kier alpha value is -2.53. The SMILES string of the molecule is COC(=O)Nc1cc(C)ccc1C(N)c1ccc(OC)cc1. The van der Waals surface area contributed by atoms with E-state index in [-0.39, 0.29) is 6.04 Å². The molecule has 116 valence electrons. The van der Waals surface area contributed by atoms with E-state index in [2.05, 4.69) is 10.1 Å². The number of amides is 1. The van der Waals surface area contributed by atoms with Crippen molar-refractivity contribution in [2.45, 2.75) is 13.0 Å². The fourth-order valence-electron chi connectivity index (χ4n) is 2.20. The summed E-state index contributed by atoms with van der Waals surface area (Å²) in [5, 5.41) is 2.71. The first-order valence-corrected chi connectivity index (χ1v) is 6.90. The molecule has 2 aromatic carbocycles. The number of carbonyl (C=O) groups is 1. The van der Waals surface area contributed by atoms with Gasteiger partial charge in [0.05, 0.1) is 20.3 Å². The Bertz CT molecular complexity index is 653. The summed E-state index contributed by atoms with van der Waals surface area (Å²) in [6, 6.07) is 12.9. The second kappa shape index (κ2) is 6.95. The predicted molar refractivity (Wildman–Crippen MR) is 86.2 cm³/mol. The predicted octanol–water partition coefficient (Wildman–Crippen LogP) is 3.23. The third kappa shape index (κ3) is 3.56. The van der Waals surface area contributed by atoms with Crippen molar-refractivity contribution in [3.05, 3.63) is 59.2 Å². The molecule has 2 aromatic rings. The highest BCUT2D eigenvalue weighted by atomic mass is 16.5. The van der Waals surface area contributed by atoms with Crippen LogP contribution in [0.2, 0.25) is 0 Å². The van der Waals surface area contributed by atoms with Gasteiger partial charge < -0.3 is 15.2 Å². The molecule has 0 aliphatic rings. The van der Waals surface area contributed by atoms with Crippen molar-refractivity contribution in [3.8, 4) is 5.75 Å². The van der Waals surface area contributed by atoms with Crippen LogP contribution < -0.4 is 15.8 Å². The molecule has 0 saturated carbocycles. The summed E-state index contributed by atoms with van der Waals surface area (Å²) in [6.07, 6.45) is -0.520. The van der Waals surface area contributed by atoms with Crippen LogP contribution in [-0.2, 0) is 4.74 Å². The van der Waals surface area contributed by atoms with Crippen LogP contribution >= 0.6 is 0 Å². The van der Waals surface area contributed by atoms with Gasteiger partial charge in [-0.2, -0.15) is 0 Å². The lowest BCUT2D eigenvalue weighted by atomic mass is 9.97. The third-order valence-electron chi connectivity index (χ3n) is 3.44. The number of benzene rings is 2. The maximum Gasteiger partial charge on any atom is 0.411 e. The number of hydrogen-bond acceptors (Lipinski definition) is 4. The highest BCUT2D eigenvalue weighted by Crippen LogP contribution is 2.28. The lowest BCUT2D eigenvalue weighted by Crippen LogP contribution is -2.18. The molecule has 0 heterocycles. The Balaban J connectivity index is 2.34. The van der Waals surface area contributed by atoms with Gasteiger partial charge in [0, 0.05) is 5.69 Å². The summed E-state index contributed by atoms with van der Waals surface area (Å²) in [5.41, 5.74) is 9.77. The van der Waals surface area contributed by atoms with Crippen molar-refractivity contribution in [3.63, 3.8) is 0 Å². The first-order valence-electron chi connectivity index (χ1n) is 6.90. The molecule has 0 saturated heterocycles. The van der Waals surface area contributed by atoms with E-state index >= 15 is 0 Å². The van der Waals surface area contributed by atoms with Crippen LogP contribution in [-0.4, -0.2) is 20.3 Å². The molecular formula is C17H20N2O3. The Labute approximate surface area is 130 Å². The van der Waals surface area contributed by atoms with Gasteiger partial charge in [0.2, 0.25) is 0 Å². The van der Waals surface area contributed by atoms with Crippen LogP contribution in [0.4, 0.5) is 10.5 Å². The van der Waals surface area contributed by atoms with Crippen LogP contribution in [0.1, 0.15) is 22.7 Å². The number of nitrogens with two attached hydrogens (primary N) is 1. The molecule has 0 fully saturated rings. The number of aryl methyl sites for hydroxylation is 1. The van der Waals surface area contributed by atoms with Crippen LogP contribution in [0.5, 0.6) is 5.75 Å².